The zero-order valence-corrected chi connectivity index (χ0v) is 6.85. The Morgan fingerprint density at radius 1 is 1.33 bits per heavy atom. The topological polar surface area (TPSA) is 0 Å². The molecule has 0 N–H and O–H groups in total. The predicted molar refractivity (Wildman–Crippen MR) is 44.5 cm³/mol. The summed E-state index contributed by atoms with van der Waals surface area (Å²) in [6.07, 6.45) is 4.44. The van der Waals surface area contributed by atoms with Crippen molar-refractivity contribution in [2.75, 3.05) is 0 Å². The van der Waals surface area contributed by atoms with E-state index in [0.717, 1.165) is 17.7 Å². The number of hydrogen-bond donors (Lipinski definition) is 0. The van der Waals surface area contributed by atoms with Crippen LogP contribution < -0.4 is 0 Å². The van der Waals surface area contributed by atoms with Crippen molar-refractivity contribution in [3.63, 3.8) is 0 Å². The SMILES string of the molecule is BC1CCCC1C(C)C. The Bertz CT molecular complexity index is 88.6. The highest BCUT2D eigenvalue weighted by molar-refractivity contribution is 6.12. The molecule has 1 aliphatic carbocycles. The third-order valence-electron chi connectivity index (χ3n) is 2.78. The third kappa shape index (κ3) is 1.50. The van der Waals surface area contributed by atoms with Crippen LogP contribution in [0.15, 0.2) is 0 Å². The molecule has 1 rings (SSSR count). The second-order valence-corrected chi connectivity index (χ2v) is 3.82. The van der Waals surface area contributed by atoms with E-state index in [1.807, 2.05) is 0 Å². The van der Waals surface area contributed by atoms with E-state index in [1.54, 1.807) is 0 Å². The molecule has 0 aromatic heterocycles. The summed E-state index contributed by atoms with van der Waals surface area (Å²) in [5, 5.41) is 0. The Labute approximate surface area is 59.4 Å². The molecule has 0 bridgehead atoms. The molecule has 2 atom stereocenters. The van der Waals surface area contributed by atoms with E-state index in [4.69, 9.17) is 0 Å². The number of hydrogen-bond acceptors (Lipinski definition) is 0. The summed E-state index contributed by atoms with van der Waals surface area (Å²) in [6, 6.07) is 0. The van der Waals surface area contributed by atoms with Crippen LogP contribution >= 0.6 is 0 Å². The second-order valence-electron chi connectivity index (χ2n) is 3.82. The molecule has 52 valence electrons. The molecule has 1 heteroatoms. The molecule has 0 aromatic carbocycles. The van der Waals surface area contributed by atoms with Crippen molar-refractivity contribution in [2.24, 2.45) is 11.8 Å². The van der Waals surface area contributed by atoms with E-state index in [9.17, 15) is 0 Å². The van der Waals surface area contributed by atoms with Gasteiger partial charge in [-0.15, -0.1) is 0 Å². The Kier molecular flexibility index (Phi) is 2.20. The fourth-order valence-electron chi connectivity index (χ4n) is 2.16. The first kappa shape index (κ1) is 7.18. The van der Waals surface area contributed by atoms with Crippen LogP contribution in [0.3, 0.4) is 0 Å². The first-order valence-electron chi connectivity index (χ1n) is 4.22. The summed E-state index contributed by atoms with van der Waals surface area (Å²) in [5.74, 6) is 2.96. The van der Waals surface area contributed by atoms with Gasteiger partial charge in [0.15, 0.2) is 0 Å². The van der Waals surface area contributed by atoms with Crippen LogP contribution in [-0.2, 0) is 0 Å². The van der Waals surface area contributed by atoms with E-state index < -0.39 is 0 Å². The van der Waals surface area contributed by atoms with Crippen LogP contribution in [0.2, 0.25) is 5.82 Å². The number of rotatable bonds is 1. The standard InChI is InChI=1S/C8H17B/c1-6(2)7-4-3-5-8(7)9/h6-8H,3-5,9H2,1-2H3. The summed E-state index contributed by atoms with van der Waals surface area (Å²) >= 11 is 0. The summed E-state index contributed by atoms with van der Waals surface area (Å²) < 4.78 is 0. The molecule has 0 nitrogen and oxygen atoms in total. The lowest BCUT2D eigenvalue weighted by Crippen LogP contribution is -2.09. The second kappa shape index (κ2) is 2.77. The van der Waals surface area contributed by atoms with Crippen LogP contribution in [0.4, 0.5) is 0 Å². The predicted octanol–water partition coefficient (Wildman–Crippen LogP) is 1.86. The van der Waals surface area contributed by atoms with Gasteiger partial charge in [0.25, 0.3) is 0 Å². The molecule has 0 heterocycles. The van der Waals surface area contributed by atoms with Gasteiger partial charge in [-0.1, -0.05) is 38.9 Å². The molecule has 1 aliphatic rings. The fourth-order valence-corrected chi connectivity index (χ4v) is 2.16. The Morgan fingerprint density at radius 3 is 2.22 bits per heavy atom. The van der Waals surface area contributed by atoms with Crippen molar-refractivity contribution < 1.29 is 0 Å². The molecule has 1 saturated carbocycles. The highest BCUT2D eigenvalue weighted by atomic mass is 14.3. The minimum Gasteiger partial charge on any atom is -0.0667 e. The van der Waals surface area contributed by atoms with E-state index in [1.165, 1.54) is 19.3 Å². The smallest absolute Gasteiger partial charge is 0.0667 e. The average Bonchev–Trinajstić information content (AvgIpc) is 2.13. The third-order valence-corrected chi connectivity index (χ3v) is 2.78. The molecule has 0 radical (unpaired) electrons. The van der Waals surface area contributed by atoms with Gasteiger partial charge in [-0.3, -0.25) is 0 Å². The van der Waals surface area contributed by atoms with Gasteiger partial charge >= 0.3 is 0 Å². The molecule has 1 fully saturated rings. The lowest BCUT2D eigenvalue weighted by atomic mass is 9.74. The fraction of sp³-hybridized carbons (Fsp3) is 1.00. The molecular weight excluding hydrogens is 107 g/mol. The van der Waals surface area contributed by atoms with Gasteiger partial charge < -0.3 is 0 Å². The Balaban J connectivity index is 2.40. The Morgan fingerprint density at radius 2 is 2.00 bits per heavy atom. The van der Waals surface area contributed by atoms with E-state index in [2.05, 4.69) is 21.7 Å². The molecule has 0 aromatic rings. The maximum absolute atomic E-state index is 2.40. The Hall–Kier alpha value is 0.0649. The molecule has 0 saturated heterocycles. The zero-order valence-electron chi connectivity index (χ0n) is 6.85. The molecule has 2 unspecified atom stereocenters. The monoisotopic (exact) mass is 124 g/mol. The molecule has 0 amide bonds. The van der Waals surface area contributed by atoms with E-state index >= 15 is 0 Å². The van der Waals surface area contributed by atoms with Gasteiger partial charge in [0.05, 0.1) is 0 Å². The zero-order chi connectivity index (χ0) is 6.85. The van der Waals surface area contributed by atoms with Gasteiger partial charge in [0.1, 0.15) is 7.85 Å². The van der Waals surface area contributed by atoms with Crippen molar-refractivity contribution >= 4 is 7.85 Å². The van der Waals surface area contributed by atoms with Gasteiger partial charge in [0.2, 0.25) is 0 Å². The first-order valence-corrected chi connectivity index (χ1v) is 4.22. The molecular formula is C8H17B. The van der Waals surface area contributed by atoms with Crippen LogP contribution in [0.5, 0.6) is 0 Å². The molecule has 0 spiro atoms. The van der Waals surface area contributed by atoms with Gasteiger partial charge in [-0.05, 0) is 11.8 Å². The largest absolute Gasteiger partial charge is 0.105 e. The van der Waals surface area contributed by atoms with Crippen LogP contribution in [-0.4, -0.2) is 7.85 Å². The van der Waals surface area contributed by atoms with Crippen molar-refractivity contribution in [3.05, 3.63) is 0 Å². The minimum absolute atomic E-state index is 0.919. The maximum atomic E-state index is 2.40. The maximum Gasteiger partial charge on any atom is 0.105 e. The van der Waals surface area contributed by atoms with Gasteiger partial charge in [-0.25, -0.2) is 0 Å². The highest BCUT2D eigenvalue weighted by Crippen LogP contribution is 2.38. The highest BCUT2D eigenvalue weighted by Gasteiger charge is 2.25. The summed E-state index contributed by atoms with van der Waals surface area (Å²) in [5.41, 5.74) is 0. The quantitative estimate of drug-likeness (QED) is 0.468. The normalized spacial score (nSPS) is 35.9. The lowest BCUT2D eigenvalue weighted by Gasteiger charge is -2.18. The molecule has 9 heavy (non-hydrogen) atoms. The first-order chi connectivity index (χ1) is 4.22. The summed E-state index contributed by atoms with van der Waals surface area (Å²) in [4.78, 5) is 0. The van der Waals surface area contributed by atoms with Crippen LogP contribution in [0.25, 0.3) is 0 Å². The van der Waals surface area contributed by atoms with Crippen LogP contribution in [0, 0.1) is 11.8 Å². The van der Waals surface area contributed by atoms with Crippen molar-refractivity contribution in [2.45, 2.75) is 38.9 Å². The average molecular weight is 124 g/mol. The van der Waals surface area contributed by atoms with Crippen molar-refractivity contribution in [1.29, 1.82) is 0 Å². The summed E-state index contributed by atoms with van der Waals surface area (Å²) in [6.45, 7) is 4.71. The van der Waals surface area contributed by atoms with Gasteiger partial charge in [-0.2, -0.15) is 0 Å². The van der Waals surface area contributed by atoms with E-state index in [-0.39, 0.29) is 0 Å². The van der Waals surface area contributed by atoms with Crippen LogP contribution in [0.1, 0.15) is 33.1 Å². The minimum atomic E-state index is 0.919. The van der Waals surface area contributed by atoms with Crippen molar-refractivity contribution in [1.82, 2.24) is 0 Å². The van der Waals surface area contributed by atoms with Crippen molar-refractivity contribution in [3.8, 4) is 0 Å². The molecule has 0 aliphatic heterocycles. The summed E-state index contributed by atoms with van der Waals surface area (Å²) in [7, 11) is 2.40. The lowest BCUT2D eigenvalue weighted by molar-refractivity contribution is 0.397. The van der Waals surface area contributed by atoms with Gasteiger partial charge in [0, 0.05) is 0 Å². The van der Waals surface area contributed by atoms with E-state index in [0.29, 0.717) is 0 Å².